The predicted octanol–water partition coefficient (Wildman–Crippen LogP) is 1.92. The molecule has 5 nitrogen and oxygen atoms in total. The summed E-state index contributed by atoms with van der Waals surface area (Å²) in [5, 5.41) is 11.2. The van der Waals surface area contributed by atoms with Crippen LogP contribution < -0.4 is 5.32 Å². The lowest BCUT2D eigenvalue weighted by atomic mass is 10.1. The summed E-state index contributed by atoms with van der Waals surface area (Å²) in [7, 11) is 0. The highest BCUT2D eigenvalue weighted by molar-refractivity contribution is 6.04. The quantitative estimate of drug-likeness (QED) is 0.853. The van der Waals surface area contributed by atoms with Crippen LogP contribution in [0.3, 0.4) is 0 Å². The Morgan fingerprint density at radius 3 is 2.80 bits per heavy atom. The van der Waals surface area contributed by atoms with Crippen LogP contribution in [0.15, 0.2) is 18.2 Å². The van der Waals surface area contributed by atoms with Gasteiger partial charge in [-0.05, 0) is 18.6 Å². The molecule has 0 bridgehead atoms. The minimum Gasteiger partial charge on any atom is -0.326 e. The Morgan fingerprint density at radius 2 is 2.20 bits per heavy atom. The van der Waals surface area contributed by atoms with Crippen LogP contribution in [-0.2, 0) is 11.3 Å². The van der Waals surface area contributed by atoms with Gasteiger partial charge in [-0.1, -0.05) is 19.4 Å². The number of urea groups is 1. The van der Waals surface area contributed by atoms with Crippen molar-refractivity contribution < 1.29 is 14.0 Å². The number of rotatable bonds is 4. The van der Waals surface area contributed by atoms with Crippen molar-refractivity contribution in [2.75, 3.05) is 0 Å². The van der Waals surface area contributed by atoms with Gasteiger partial charge >= 0.3 is 6.03 Å². The molecule has 2 rings (SSSR count). The molecule has 1 saturated heterocycles. The Balaban J connectivity index is 2.16. The van der Waals surface area contributed by atoms with E-state index in [4.69, 9.17) is 5.26 Å². The number of nitrogens with zero attached hydrogens (tertiary/aromatic N) is 2. The minimum atomic E-state index is -0.594. The smallest absolute Gasteiger partial charge is 0.325 e. The van der Waals surface area contributed by atoms with Gasteiger partial charge in [0.2, 0.25) is 0 Å². The van der Waals surface area contributed by atoms with Gasteiger partial charge in [-0.3, -0.25) is 9.69 Å². The summed E-state index contributed by atoms with van der Waals surface area (Å²) in [6.45, 7) is 1.80. The number of amides is 3. The number of benzene rings is 1. The fourth-order valence-corrected chi connectivity index (χ4v) is 2.13. The number of hydrogen-bond acceptors (Lipinski definition) is 3. The van der Waals surface area contributed by atoms with Crippen LogP contribution in [0.4, 0.5) is 9.18 Å². The Hall–Kier alpha value is -2.42. The summed E-state index contributed by atoms with van der Waals surface area (Å²) in [6.07, 6.45) is 1.34. The van der Waals surface area contributed by atoms with Crippen LogP contribution in [-0.4, -0.2) is 22.9 Å². The summed E-state index contributed by atoms with van der Waals surface area (Å²) < 4.78 is 13.8. The molecule has 1 unspecified atom stereocenters. The summed E-state index contributed by atoms with van der Waals surface area (Å²) in [4.78, 5) is 24.7. The molecule has 1 aliphatic heterocycles. The van der Waals surface area contributed by atoms with Crippen molar-refractivity contribution in [3.05, 3.63) is 35.1 Å². The molecular weight excluding hydrogens is 261 g/mol. The van der Waals surface area contributed by atoms with E-state index < -0.39 is 17.9 Å². The molecule has 0 aromatic heterocycles. The third kappa shape index (κ3) is 2.62. The van der Waals surface area contributed by atoms with E-state index in [0.29, 0.717) is 6.42 Å². The van der Waals surface area contributed by atoms with Crippen molar-refractivity contribution in [1.82, 2.24) is 10.2 Å². The van der Waals surface area contributed by atoms with Gasteiger partial charge in [-0.2, -0.15) is 5.26 Å². The van der Waals surface area contributed by atoms with Gasteiger partial charge in [-0.15, -0.1) is 0 Å². The maximum absolute atomic E-state index is 13.8. The first kappa shape index (κ1) is 14.0. The molecule has 0 saturated carbocycles. The molecule has 1 N–H and O–H groups in total. The van der Waals surface area contributed by atoms with E-state index in [9.17, 15) is 14.0 Å². The molecular formula is C14H14FN3O2. The second-order valence-electron chi connectivity index (χ2n) is 4.63. The van der Waals surface area contributed by atoms with Crippen molar-refractivity contribution in [2.24, 2.45) is 0 Å². The SMILES string of the molecule is CCCC1NC(=O)N(Cc2ccc(C#N)cc2F)C1=O. The second kappa shape index (κ2) is 5.70. The Kier molecular flexibility index (Phi) is 3.99. The molecule has 1 aliphatic rings. The molecule has 20 heavy (non-hydrogen) atoms. The largest absolute Gasteiger partial charge is 0.326 e. The molecule has 1 fully saturated rings. The summed E-state index contributed by atoms with van der Waals surface area (Å²) in [6, 6.07) is 4.78. The van der Waals surface area contributed by atoms with Crippen LogP contribution in [0.2, 0.25) is 0 Å². The van der Waals surface area contributed by atoms with Gasteiger partial charge in [0.1, 0.15) is 11.9 Å². The highest BCUT2D eigenvalue weighted by Gasteiger charge is 2.37. The third-order valence-electron chi connectivity index (χ3n) is 3.19. The normalized spacial score (nSPS) is 18.1. The zero-order valence-electron chi connectivity index (χ0n) is 11.0. The van der Waals surface area contributed by atoms with E-state index >= 15 is 0 Å². The van der Waals surface area contributed by atoms with Crippen LogP contribution in [0.5, 0.6) is 0 Å². The monoisotopic (exact) mass is 275 g/mol. The van der Waals surface area contributed by atoms with Gasteiger partial charge in [0.05, 0.1) is 18.2 Å². The van der Waals surface area contributed by atoms with Gasteiger partial charge in [0, 0.05) is 5.56 Å². The van der Waals surface area contributed by atoms with E-state index in [1.165, 1.54) is 12.1 Å². The molecule has 3 amide bonds. The molecule has 1 atom stereocenters. The molecule has 0 radical (unpaired) electrons. The predicted molar refractivity (Wildman–Crippen MR) is 68.9 cm³/mol. The number of hydrogen-bond donors (Lipinski definition) is 1. The number of carbonyl (C=O) groups excluding carboxylic acids is 2. The topological polar surface area (TPSA) is 73.2 Å². The fraction of sp³-hybridized carbons (Fsp3) is 0.357. The Morgan fingerprint density at radius 1 is 1.45 bits per heavy atom. The summed E-state index contributed by atoms with van der Waals surface area (Å²) in [5.74, 6) is -0.927. The molecule has 0 spiro atoms. The number of nitrogens with one attached hydrogen (secondary N) is 1. The summed E-state index contributed by atoms with van der Waals surface area (Å²) in [5.41, 5.74) is 0.414. The van der Waals surface area contributed by atoms with Crippen LogP contribution >= 0.6 is 0 Å². The fourth-order valence-electron chi connectivity index (χ4n) is 2.13. The van der Waals surface area contributed by atoms with Crippen molar-refractivity contribution in [2.45, 2.75) is 32.4 Å². The number of carbonyl (C=O) groups is 2. The van der Waals surface area contributed by atoms with Crippen LogP contribution in [0, 0.1) is 17.1 Å². The minimum absolute atomic E-state index is 0.123. The molecule has 104 valence electrons. The number of halogens is 1. The molecule has 6 heteroatoms. The average Bonchev–Trinajstić information content (AvgIpc) is 2.69. The standard InChI is InChI=1S/C14H14FN3O2/c1-2-3-12-13(19)18(14(20)17-12)8-10-5-4-9(7-16)6-11(10)15/h4-6,12H,2-3,8H2,1H3,(H,17,20). The Bertz CT molecular complexity index is 595. The highest BCUT2D eigenvalue weighted by Crippen LogP contribution is 2.17. The van der Waals surface area contributed by atoms with Crippen LogP contribution in [0.25, 0.3) is 0 Å². The Labute approximate surface area is 116 Å². The summed E-state index contributed by atoms with van der Waals surface area (Å²) >= 11 is 0. The number of nitriles is 1. The van der Waals surface area contributed by atoms with Crippen molar-refractivity contribution >= 4 is 11.9 Å². The third-order valence-corrected chi connectivity index (χ3v) is 3.19. The zero-order chi connectivity index (χ0) is 14.7. The van der Waals surface area contributed by atoms with Gasteiger partial charge < -0.3 is 5.32 Å². The van der Waals surface area contributed by atoms with E-state index in [2.05, 4.69) is 5.32 Å². The van der Waals surface area contributed by atoms with Gasteiger partial charge in [-0.25, -0.2) is 9.18 Å². The number of imide groups is 1. The maximum atomic E-state index is 13.8. The van der Waals surface area contributed by atoms with Crippen molar-refractivity contribution in [3.8, 4) is 6.07 Å². The first-order valence-corrected chi connectivity index (χ1v) is 6.37. The van der Waals surface area contributed by atoms with Gasteiger partial charge in [0.15, 0.2) is 0 Å². The van der Waals surface area contributed by atoms with Crippen molar-refractivity contribution in [1.29, 1.82) is 5.26 Å². The van der Waals surface area contributed by atoms with Crippen LogP contribution in [0.1, 0.15) is 30.9 Å². The van der Waals surface area contributed by atoms with E-state index in [1.54, 1.807) is 0 Å². The van der Waals surface area contributed by atoms with Gasteiger partial charge in [0.25, 0.3) is 5.91 Å². The first-order chi connectivity index (χ1) is 9.56. The lowest BCUT2D eigenvalue weighted by molar-refractivity contribution is -0.128. The maximum Gasteiger partial charge on any atom is 0.325 e. The van der Waals surface area contributed by atoms with Crippen molar-refractivity contribution in [3.63, 3.8) is 0 Å². The lowest BCUT2D eigenvalue weighted by Gasteiger charge is -2.13. The molecule has 0 aliphatic carbocycles. The second-order valence-corrected chi connectivity index (χ2v) is 4.63. The molecule has 1 aromatic rings. The van der Waals surface area contributed by atoms with E-state index in [0.717, 1.165) is 17.4 Å². The first-order valence-electron chi connectivity index (χ1n) is 6.37. The lowest BCUT2D eigenvalue weighted by Crippen LogP contribution is -2.31. The van der Waals surface area contributed by atoms with E-state index in [1.807, 2.05) is 13.0 Å². The zero-order valence-corrected chi connectivity index (χ0v) is 11.0. The highest BCUT2D eigenvalue weighted by atomic mass is 19.1. The van der Waals surface area contributed by atoms with E-state index in [-0.39, 0.29) is 23.6 Å². The molecule has 1 aromatic carbocycles. The molecule has 1 heterocycles. The average molecular weight is 275 g/mol.